The minimum Gasteiger partial charge on any atom is -0.465 e. The Morgan fingerprint density at radius 2 is 1.70 bits per heavy atom. The average molecular weight is 312 g/mol. The van der Waals surface area contributed by atoms with Crippen LogP contribution in [0.2, 0.25) is 0 Å². The van der Waals surface area contributed by atoms with Crippen molar-refractivity contribution in [3.8, 4) is 11.8 Å². The van der Waals surface area contributed by atoms with E-state index in [1.54, 1.807) is 24.3 Å². The molecule has 1 aromatic carbocycles. The molecule has 1 aromatic heterocycles. The molecule has 2 rings (SSSR count). The number of hydrogen-bond donors (Lipinski definition) is 0. The van der Waals surface area contributed by atoms with Crippen molar-refractivity contribution in [2.45, 2.75) is 0 Å². The molecule has 0 saturated carbocycles. The van der Waals surface area contributed by atoms with Gasteiger partial charge in [0.1, 0.15) is 5.56 Å². The minimum absolute atomic E-state index is 0.0175. The molecule has 0 aliphatic rings. The predicted molar refractivity (Wildman–Crippen MR) is 79.2 cm³/mol. The quantitative estimate of drug-likeness (QED) is 0.490. The largest absolute Gasteiger partial charge is 0.465 e. The molecule has 1 heterocycles. The van der Waals surface area contributed by atoms with Gasteiger partial charge in [-0.15, -0.1) is 0 Å². The van der Waals surface area contributed by atoms with Crippen molar-refractivity contribution in [3.05, 3.63) is 58.5 Å². The van der Waals surface area contributed by atoms with Gasteiger partial charge in [0.2, 0.25) is 5.76 Å². The summed E-state index contributed by atoms with van der Waals surface area (Å²) in [4.78, 5) is 34.8. The minimum atomic E-state index is -0.902. The van der Waals surface area contributed by atoms with E-state index in [0.29, 0.717) is 11.8 Å². The summed E-state index contributed by atoms with van der Waals surface area (Å²) in [5, 5.41) is 0. The van der Waals surface area contributed by atoms with Crippen LogP contribution in [0.1, 0.15) is 42.6 Å². The van der Waals surface area contributed by atoms with Crippen molar-refractivity contribution < 1.29 is 28.3 Å². The molecule has 0 radical (unpaired) electrons. The molecule has 2 aromatic rings. The van der Waals surface area contributed by atoms with Gasteiger partial charge in [-0.2, -0.15) is 0 Å². The monoisotopic (exact) mass is 312 g/mol. The highest BCUT2D eigenvalue weighted by molar-refractivity contribution is 6.05. The number of methoxy groups -OCH3 is 2. The van der Waals surface area contributed by atoms with Crippen LogP contribution in [-0.4, -0.2) is 32.4 Å². The van der Waals surface area contributed by atoms with Crippen molar-refractivity contribution >= 4 is 18.2 Å². The lowest BCUT2D eigenvalue weighted by Gasteiger charge is -1.99. The summed E-state index contributed by atoms with van der Waals surface area (Å²) in [5.41, 5.74) is 0.418. The standard InChI is InChI=1S/C17H12O6/c1-21-16(19)14-12(9-8-11-6-4-3-5-7-11)13(10-18)23-15(14)17(20)22-2/h3-7,10H,1-2H3. The number of esters is 2. The molecular weight excluding hydrogens is 300 g/mol. The van der Waals surface area contributed by atoms with Crippen LogP contribution in [0.4, 0.5) is 0 Å². The third-order valence-corrected chi connectivity index (χ3v) is 2.91. The van der Waals surface area contributed by atoms with E-state index >= 15 is 0 Å². The molecule has 0 unspecified atom stereocenters. The highest BCUT2D eigenvalue weighted by atomic mass is 16.5. The second-order valence-corrected chi connectivity index (χ2v) is 4.26. The fourth-order valence-corrected chi connectivity index (χ4v) is 1.85. The van der Waals surface area contributed by atoms with E-state index in [0.717, 1.165) is 14.2 Å². The van der Waals surface area contributed by atoms with Gasteiger partial charge in [-0.05, 0) is 12.1 Å². The molecule has 0 N–H and O–H groups in total. The van der Waals surface area contributed by atoms with Gasteiger partial charge in [0.25, 0.3) is 0 Å². The summed E-state index contributed by atoms with van der Waals surface area (Å²) < 4.78 is 14.3. The molecule has 23 heavy (non-hydrogen) atoms. The molecule has 0 fully saturated rings. The Morgan fingerprint density at radius 1 is 1.04 bits per heavy atom. The first-order valence-electron chi connectivity index (χ1n) is 6.48. The van der Waals surface area contributed by atoms with E-state index in [1.807, 2.05) is 6.07 Å². The van der Waals surface area contributed by atoms with Crippen LogP contribution < -0.4 is 0 Å². The lowest BCUT2D eigenvalue weighted by atomic mass is 10.1. The maximum absolute atomic E-state index is 11.9. The first kappa shape index (κ1) is 16.0. The summed E-state index contributed by atoms with van der Waals surface area (Å²) in [5.74, 6) is 3.07. The normalized spacial score (nSPS) is 9.48. The van der Waals surface area contributed by atoms with Gasteiger partial charge in [-0.25, -0.2) is 9.59 Å². The summed E-state index contributed by atoms with van der Waals surface area (Å²) in [6, 6.07) is 8.93. The van der Waals surface area contributed by atoms with Crippen LogP contribution in [0.5, 0.6) is 0 Å². The molecule has 0 saturated heterocycles. The predicted octanol–water partition coefficient (Wildman–Crippen LogP) is 2.07. The van der Waals surface area contributed by atoms with Gasteiger partial charge in [0, 0.05) is 5.56 Å². The van der Waals surface area contributed by atoms with Crippen LogP contribution in [0.3, 0.4) is 0 Å². The van der Waals surface area contributed by atoms with Gasteiger partial charge in [0.15, 0.2) is 12.0 Å². The second-order valence-electron chi connectivity index (χ2n) is 4.26. The van der Waals surface area contributed by atoms with Crippen LogP contribution in [-0.2, 0) is 9.47 Å². The molecule has 0 aliphatic heterocycles. The van der Waals surface area contributed by atoms with Crippen molar-refractivity contribution in [1.82, 2.24) is 0 Å². The second kappa shape index (κ2) is 7.09. The van der Waals surface area contributed by atoms with Crippen molar-refractivity contribution in [2.24, 2.45) is 0 Å². The Hall–Kier alpha value is -3.33. The first-order chi connectivity index (χ1) is 11.1. The molecular formula is C17H12O6. The van der Waals surface area contributed by atoms with Gasteiger partial charge in [0.05, 0.1) is 19.8 Å². The summed E-state index contributed by atoms with van der Waals surface area (Å²) in [6.45, 7) is 0. The molecule has 0 amide bonds. The zero-order valence-electron chi connectivity index (χ0n) is 12.4. The maximum Gasteiger partial charge on any atom is 0.374 e. The Bertz CT molecular complexity index is 805. The van der Waals surface area contributed by atoms with Crippen LogP contribution in [0.15, 0.2) is 34.7 Å². The molecule has 6 nitrogen and oxygen atoms in total. The third-order valence-electron chi connectivity index (χ3n) is 2.91. The SMILES string of the molecule is COC(=O)c1oc(C=O)c(C#Cc2ccccc2)c1C(=O)OC. The Labute approximate surface area is 132 Å². The van der Waals surface area contributed by atoms with E-state index in [9.17, 15) is 14.4 Å². The smallest absolute Gasteiger partial charge is 0.374 e. The lowest BCUT2D eigenvalue weighted by Crippen LogP contribution is -2.10. The van der Waals surface area contributed by atoms with Crippen LogP contribution in [0.25, 0.3) is 0 Å². The fraction of sp³-hybridized carbons (Fsp3) is 0.118. The number of aldehydes is 1. The molecule has 0 atom stereocenters. The number of carbonyl (C=O) groups is 3. The van der Waals surface area contributed by atoms with Crippen molar-refractivity contribution in [1.29, 1.82) is 0 Å². The number of benzene rings is 1. The summed E-state index contributed by atoms with van der Waals surface area (Å²) in [7, 11) is 2.27. The van der Waals surface area contributed by atoms with Crippen molar-refractivity contribution in [2.75, 3.05) is 14.2 Å². The van der Waals surface area contributed by atoms with Crippen molar-refractivity contribution in [3.63, 3.8) is 0 Å². The number of carbonyl (C=O) groups excluding carboxylic acids is 3. The molecule has 0 bridgehead atoms. The number of furan rings is 1. The lowest BCUT2D eigenvalue weighted by molar-refractivity contribution is 0.0527. The average Bonchev–Trinajstić information content (AvgIpc) is 2.98. The Kier molecular flexibility index (Phi) is 4.95. The highest BCUT2D eigenvalue weighted by Gasteiger charge is 2.30. The summed E-state index contributed by atoms with van der Waals surface area (Å²) in [6.07, 6.45) is 0.369. The van der Waals surface area contributed by atoms with Crippen LogP contribution >= 0.6 is 0 Å². The van der Waals surface area contributed by atoms with Gasteiger partial charge in [-0.1, -0.05) is 30.0 Å². The number of hydrogen-bond acceptors (Lipinski definition) is 6. The number of rotatable bonds is 3. The van der Waals surface area contributed by atoms with Gasteiger partial charge >= 0.3 is 11.9 Å². The molecule has 6 heteroatoms. The van der Waals surface area contributed by atoms with E-state index in [-0.39, 0.29) is 16.9 Å². The third kappa shape index (κ3) is 3.30. The fourth-order valence-electron chi connectivity index (χ4n) is 1.85. The first-order valence-corrected chi connectivity index (χ1v) is 6.48. The molecule has 0 aliphatic carbocycles. The zero-order chi connectivity index (χ0) is 16.8. The van der Waals surface area contributed by atoms with Crippen LogP contribution in [0, 0.1) is 11.8 Å². The topological polar surface area (TPSA) is 82.8 Å². The van der Waals surface area contributed by atoms with Gasteiger partial charge < -0.3 is 13.9 Å². The molecule has 116 valence electrons. The van der Waals surface area contributed by atoms with E-state index in [1.165, 1.54) is 0 Å². The maximum atomic E-state index is 11.9. The Balaban J connectivity index is 2.64. The highest BCUT2D eigenvalue weighted by Crippen LogP contribution is 2.23. The van der Waals surface area contributed by atoms with E-state index in [4.69, 9.17) is 4.42 Å². The summed E-state index contributed by atoms with van der Waals surface area (Å²) >= 11 is 0. The van der Waals surface area contributed by atoms with E-state index < -0.39 is 17.7 Å². The zero-order valence-corrected chi connectivity index (χ0v) is 12.4. The number of ether oxygens (including phenoxy) is 2. The van der Waals surface area contributed by atoms with E-state index in [2.05, 4.69) is 21.3 Å². The Morgan fingerprint density at radius 3 is 2.26 bits per heavy atom. The molecule has 0 spiro atoms. The van der Waals surface area contributed by atoms with Gasteiger partial charge in [-0.3, -0.25) is 4.79 Å².